The molecule has 3 aliphatic rings. The molecular weight excluding hydrogens is 356 g/mol. The smallest absolute Gasteiger partial charge is 0.263 e. The van der Waals surface area contributed by atoms with Crippen LogP contribution in [0.4, 0.5) is 0 Å². The van der Waals surface area contributed by atoms with Crippen LogP contribution >= 0.6 is 0 Å². The van der Waals surface area contributed by atoms with Crippen molar-refractivity contribution in [2.24, 2.45) is 0 Å². The Balaban J connectivity index is 1.60. The second kappa shape index (κ2) is 6.45. The van der Waals surface area contributed by atoms with Crippen molar-refractivity contribution >= 4 is 15.7 Å². The number of nitrogens with one attached hydrogen (secondary N) is 1. The van der Waals surface area contributed by atoms with E-state index in [2.05, 4.69) is 21.8 Å². The second-order valence-electron chi connectivity index (χ2n) is 7.53. The predicted molar refractivity (Wildman–Crippen MR) is 96.0 cm³/mol. The van der Waals surface area contributed by atoms with Gasteiger partial charge in [-0.2, -0.15) is 0 Å². The van der Waals surface area contributed by atoms with Gasteiger partial charge >= 0.3 is 0 Å². The van der Waals surface area contributed by atoms with E-state index in [1.807, 2.05) is 0 Å². The summed E-state index contributed by atoms with van der Waals surface area (Å²) in [7, 11) is -3.19. The van der Waals surface area contributed by atoms with Gasteiger partial charge in [0.2, 0.25) is 0 Å². The molecule has 2 atom stereocenters. The van der Waals surface area contributed by atoms with Crippen molar-refractivity contribution in [3.8, 4) is 0 Å². The van der Waals surface area contributed by atoms with E-state index in [0.29, 0.717) is 24.8 Å². The number of nitrogens with zero attached hydrogens (tertiary/aromatic N) is 3. The van der Waals surface area contributed by atoms with Crippen molar-refractivity contribution in [3.63, 3.8) is 0 Å². The van der Waals surface area contributed by atoms with Crippen LogP contribution in [0.1, 0.15) is 48.3 Å². The number of piperazine rings is 1. The van der Waals surface area contributed by atoms with E-state index in [-0.39, 0.29) is 23.1 Å². The highest BCUT2D eigenvalue weighted by atomic mass is 32.2. The fourth-order valence-electron chi connectivity index (χ4n) is 4.12. The number of sulfone groups is 1. The average molecular weight is 380 g/mol. The Morgan fingerprint density at radius 1 is 1.27 bits per heavy atom. The van der Waals surface area contributed by atoms with E-state index in [1.165, 1.54) is 6.20 Å². The number of hydrogen-bond donors (Lipinski definition) is 1. The number of rotatable bonds is 4. The number of carbonyl (C=O) groups excluding carboxylic acids is 1. The van der Waals surface area contributed by atoms with Gasteiger partial charge in [0, 0.05) is 31.2 Å². The SMILES string of the molecule is CCCN1CCN(C(=O)c2cnc(C3CC3)[nH]c2=O)[C@@H]2CS(=O)(=O)C[C@@H]21. The predicted octanol–water partition coefficient (Wildman–Crippen LogP) is -0.0193. The molecule has 0 unspecified atom stereocenters. The third-order valence-corrected chi connectivity index (χ3v) is 7.27. The lowest BCUT2D eigenvalue weighted by Gasteiger charge is -2.43. The van der Waals surface area contributed by atoms with Crippen LogP contribution in [-0.2, 0) is 9.84 Å². The first kappa shape index (κ1) is 17.7. The maximum absolute atomic E-state index is 13.0. The molecule has 0 spiro atoms. The van der Waals surface area contributed by atoms with Crippen molar-refractivity contribution < 1.29 is 13.2 Å². The third kappa shape index (κ3) is 3.18. The Labute approximate surface area is 152 Å². The van der Waals surface area contributed by atoms with Gasteiger partial charge < -0.3 is 9.88 Å². The first-order chi connectivity index (χ1) is 12.4. The maximum atomic E-state index is 13.0. The summed E-state index contributed by atoms with van der Waals surface area (Å²) in [5, 5.41) is 0. The van der Waals surface area contributed by atoms with E-state index in [4.69, 9.17) is 0 Å². The Morgan fingerprint density at radius 2 is 2.00 bits per heavy atom. The lowest BCUT2D eigenvalue weighted by molar-refractivity contribution is 0.0331. The monoisotopic (exact) mass is 380 g/mol. The number of hydrogen-bond acceptors (Lipinski definition) is 6. The molecule has 0 bridgehead atoms. The van der Waals surface area contributed by atoms with Gasteiger partial charge in [-0.05, 0) is 25.8 Å². The quantitative estimate of drug-likeness (QED) is 0.787. The molecule has 1 aromatic heterocycles. The van der Waals surface area contributed by atoms with Crippen LogP contribution in [0.2, 0.25) is 0 Å². The van der Waals surface area contributed by atoms with Gasteiger partial charge in [0.25, 0.3) is 11.5 Å². The van der Waals surface area contributed by atoms with E-state index in [0.717, 1.165) is 25.8 Å². The lowest BCUT2D eigenvalue weighted by Crippen LogP contribution is -2.61. The topological polar surface area (TPSA) is 103 Å². The van der Waals surface area contributed by atoms with Crippen LogP contribution in [0.5, 0.6) is 0 Å². The molecule has 1 aromatic rings. The fraction of sp³-hybridized carbons (Fsp3) is 0.706. The molecule has 3 heterocycles. The molecule has 0 radical (unpaired) electrons. The van der Waals surface area contributed by atoms with Gasteiger partial charge in [-0.3, -0.25) is 14.5 Å². The van der Waals surface area contributed by atoms with E-state index in [9.17, 15) is 18.0 Å². The van der Waals surface area contributed by atoms with Crippen LogP contribution in [0.15, 0.2) is 11.0 Å². The van der Waals surface area contributed by atoms with Crippen molar-refractivity contribution in [3.05, 3.63) is 27.9 Å². The number of fused-ring (bicyclic) bond motifs is 1. The summed E-state index contributed by atoms with van der Waals surface area (Å²) in [4.78, 5) is 36.1. The van der Waals surface area contributed by atoms with Gasteiger partial charge in [-0.15, -0.1) is 0 Å². The molecule has 2 saturated heterocycles. The molecule has 1 saturated carbocycles. The van der Waals surface area contributed by atoms with E-state index < -0.39 is 27.3 Å². The fourth-order valence-corrected chi connectivity index (χ4v) is 6.13. The Morgan fingerprint density at radius 3 is 2.65 bits per heavy atom. The van der Waals surface area contributed by atoms with Crippen molar-refractivity contribution in [1.82, 2.24) is 19.8 Å². The molecule has 26 heavy (non-hydrogen) atoms. The number of H-pyrrole nitrogens is 1. The maximum Gasteiger partial charge on any atom is 0.263 e. The van der Waals surface area contributed by atoms with Gasteiger partial charge in [0.1, 0.15) is 11.4 Å². The lowest BCUT2D eigenvalue weighted by atomic mass is 10.0. The molecule has 1 amide bonds. The molecule has 0 aromatic carbocycles. The zero-order valence-corrected chi connectivity index (χ0v) is 15.7. The molecule has 2 aliphatic heterocycles. The molecule has 1 aliphatic carbocycles. The van der Waals surface area contributed by atoms with Crippen LogP contribution in [0.3, 0.4) is 0 Å². The molecule has 1 N–H and O–H groups in total. The summed E-state index contributed by atoms with van der Waals surface area (Å²) in [6.07, 6.45) is 4.31. The third-order valence-electron chi connectivity index (χ3n) is 5.58. The highest BCUT2D eigenvalue weighted by molar-refractivity contribution is 7.91. The van der Waals surface area contributed by atoms with E-state index >= 15 is 0 Å². The highest BCUT2D eigenvalue weighted by Crippen LogP contribution is 2.37. The van der Waals surface area contributed by atoms with Crippen molar-refractivity contribution in [1.29, 1.82) is 0 Å². The largest absolute Gasteiger partial charge is 0.332 e. The first-order valence-corrected chi connectivity index (χ1v) is 11.1. The van der Waals surface area contributed by atoms with Crippen molar-refractivity contribution in [2.75, 3.05) is 31.1 Å². The minimum absolute atomic E-state index is 0.00129. The summed E-state index contributed by atoms with van der Waals surface area (Å²) in [5.74, 6) is 0.574. The molecule has 8 nitrogen and oxygen atoms in total. The molecule has 9 heteroatoms. The Kier molecular flexibility index (Phi) is 4.38. The molecule has 4 rings (SSSR count). The number of amides is 1. The number of carbonyl (C=O) groups is 1. The Hall–Kier alpha value is -1.74. The summed E-state index contributed by atoms with van der Waals surface area (Å²) in [6.45, 7) is 3.93. The minimum Gasteiger partial charge on any atom is -0.332 e. The molecular formula is C17H24N4O4S. The van der Waals surface area contributed by atoms with Crippen LogP contribution < -0.4 is 5.56 Å². The summed E-state index contributed by atoms with van der Waals surface area (Å²) in [5.41, 5.74) is -0.429. The first-order valence-electron chi connectivity index (χ1n) is 9.24. The Bertz CT molecular complexity index is 877. The molecule has 142 valence electrons. The van der Waals surface area contributed by atoms with Crippen LogP contribution in [0.25, 0.3) is 0 Å². The molecule has 3 fully saturated rings. The summed E-state index contributed by atoms with van der Waals surface area (Å²) < 4.78 is 24.4. The van der Waals surface area contributed by atoms with E-state index in [1.54, 1.807) is 4.90 Å². The average Bonchev–Trinajstić information content (AvgIpc) is 3.37. The van der Waals surface area contributed by atoms with Crippen LogP contribution in [0, 0.1) is 0 Å². The minimum atomic E-state index is -3.19. The van der Waals surface area contributed by atoms with Gasteiger partial charge in [0.05, 0.1) is 17.5 Å². The zero-order valence-electron chi connectivity index (χ0n) is 14.8. The zero-order chi connectivity index (χ0) is 18.5. The standard InChI is InChI=1S/C17H24N4O4S/c1-2-5-20-6-7-21(14-10-26(24,25)9-13(14)20)17(23)12-8-18-15(11-3-4-11)19-16(12)22/h8,11,13-14H,2-7,9-10H2,1H3,(H,18,19,22)/t13-,14+/m0/s1. The number of aromatic nitrogens is 2. The van der Waals surface area contributed by atoms with Gasteiger partial charge in [-0.1, -0.05) is 6.92 Å². The summed E-state index contributed by atoms with van der Waals surface area (Å²) >= 11 is 0. The normalized spacial score (nSPS) is 28.1. The van der Waals surface area contributed by atoms with Gasteiger partial charge in [-0.25, -0.2) is 13.4 Å². The van der Waals surface area contributed by atoms with Gasteiger partial charge in [0.15, 0.2) is 9.84 Å². The number of aromatic amines is 1. The second-order valence-corrected chi connectivity index (χ2v) is 9.69. The van der Waals surface area contributed by atoms with Crippen molar-refractivity contribution in [2.45, 2.75) is 44.2 Å². The highest BCUT2D eigenvalue weighted by Gasteiger charge is 2.48. The van der Waals surface area contributed by atoms with Crippen LogP contribution in [-0.4, -0.2) is 77.3 Å². The summed E-state index contributed by atoms with van der Waals surface area (Å²) in [6, 6.07) is -0.578.